The number of hydrogen-bond donors (Lipinski definition) is 1. The summed E-state index contributed by atoms with van der Waals surface area (Å²) < 4.78 is 4.95. The van der Waals surface area contributed by atoms with Gasteiger partial charge in [-0.25, -0.2) is 0 Å². The Morgan fingerprint density at radius 2 is 2.14 bits per heavy atom. The Hall–Kier alpha value is -2.01. The molecule has 0 aliphatic heterocycles. The zero-order valence-electron chi connectivity index (χ0n) is 12.3. The van der Waals surface area contributed by atoms with Crippen LogP contribution in [0.15, 0.2) is 24.3 Å². The minimum atomic E-state index is -0.373. The maximum Gasteiger partial charge on any atom is 0.325 e. The van der Waals surface area contributed by atoms with E-state index in [9.17, 15) is 9.59 Å². The number of H-pyrrole nitrogens is 1. The highest BCUT2D eigenvalue weighted by atomic mass is 35.5. The molecular formula is C16H17ClN2O3. The monoisotopic (exact) mass is 320 g/mol. The summed E-state index contributed by atoms with van der Waals surface area (Å²) in [6.07, 6.45) is 1.86. The van der Waals surface area contributed by atoms with Gasteiger partial charge < -0.3 is 14.6 Å². The topological polar surface area (TPSA) is 62.4 Å². The number of amides is 1. The van der Waals surface area contributed by atoms with Gasteiger partial charge in [0.1, 0.15) is 12.2 Å². The number of hydrogen-bond acceptors (Lipinski definition) is 3. The quantitative estimate of drug-likeness (QED) is 0.861. The minimum Gasteiger partial charge on any atom is -0.465 e. The van der Waals surface area contributed by atoms with Crippen LogP contribution in [-0.2, 0) is 9.53 Å². The first-order valence-corrected chi connectivity index (χ1v) is 7.71. The van der Waals surface area contributed by atoms with E-state index < -0.39 is 0 Å². The number of esters is 1. The number of carbonyl (C=O) groups is 2. The molecule has 0 atom stereocenters. The third kappa shape index (κ3) is 3.09. The zero-order valence-corrected chi connectivity index (χ0v) is 13.0. The van der Waals surface area contributed by atoms with Crippen LogP contribution >= 0.6 is 11.6 Å². The fourth-order valence-corrected chi connectivity index (χ4v) is 2.65. The number of halogens is 1. The van der Waals surface area contributed by atoms with Crippen molar-refractivity contribution in [3.8, 4) is 0 Å². The van der Waals surface area contributed by atoms with Gasteiger partial charge in [0, 0.05) is 22.0 Å². The molecule has 1 fully saturated rings. The SMILES string of the molecule is CCOC(=O)CN(C(=O)c1cc2cc(Cl)ccc2[nH]1)C1CC1. The Morgan fingerprint density at radius 3 is 2.82 bits per heavy atom. The maximum absolute atomic E-state index is 12.7. The lowest BCUT2D eigenvalue weighted by atomic mass is 10.2. The Labute approximate surface area is 133 Å². The molecule has 1 aliphatic rings. The van der Waals surface area contributed by atoms with Crippen LogP contribution in [0.4, 0.5) is 0 Å². The lowest BCUT2D eigenvalue weighted by molar-refractivity contribution is -0.144. The van der Waals surface area contributed by atoms with Gasteiger partial charge in [0.25, 0.3) is 5.91 Å². The van der Waals surface area contributed by atoms with Crippen LogP contribution in [0, 0.1) is 0 Å². The van der Waals surface area contributed by atoms with Crippen LogP contribution in [0.25, 0.3) is 10.9 Å². The molecule has 1 aliphatic carbocycles. The van der Waals surface area contributed by atoms with E-state index in [1.807, 2.05) is 6.07 Å². The highest BCUT2D eigenvalue weighted by molar-refractivity contribution is 6.31. The van der Waals surface area contributed by atoms with Gasteiger partial charge in [0.05, 0.1) is 6.61 Å². The van der Waals surface area contributed by atoms with Gasteiger partial charge in [-0.15, -0.1) is 0 Å². The van der Waals surface area contributed by atoms with Crippen molar-refractivity contribution in [1.82, 2.24) is 9.88 Å². The molecule has 2 aromatic rings. The van der Waals surface area contributed by atoms with E-state index in [-0.39, 0.29) is 24.5 Å². The third-order valence-corrected chi connectivity index (χ3v) is 3.90. The van der Waals surface area contributed by atoms with Crippen LogP contribution in [0.1, 0.15) is 30.3 Å². The molecule has 5 nitrogen and oxygen atoms in total. The molecule has 116 valence electrons. The predicted octanol–water partition coefficient (Wildman–Crippen LogP) is 2.99. The maximum atomic E-state index is 12.7. The summed E-state index contributed by atoms with van der Waals surface area (Å²) in [5.41, 5.74) is 1.31. The molecule has 1 heterocycles. The largest absolute Gasteiger partial charge is 0.465 e. The minimum absolute atomic E-state index is 0.00649. The second kappa shape index (κ2) is 6.01. The molecule has 0 unspecified atom stereocenters. The van der Waals surface area contributed by atoms with Crippen molar-refractivity contribution in [2.75, 3.05) is 13.2 Å². The predicted molar refractivity (Wildman–Crippen MR) is 84.0 cm³/mol. The summed E-state index contributed by atoms with van der Waals surface area (Å²) in [5, 5.41) is 1.50. The number of carbonyl (C=O) groups excluding carboxylic acids is 2. The molecule has 1 aromatic heterocycles. The summed E-state index contributed by atoms with van der Waals surface area (Å²) in [5.74, 6) is -0.551. The molecule has 22 heavy (non-hydrogen) atoms. The summed E-state index contributed by atoms with van der Waals surface area (Å²) in [6, 6.07) is 7.31. The van der Waals surface area contributed by atoms with E-state index in [2.05, 4.69) is 4.98 Å². The van der Waals surface area contributed by atoms with E-state index in [0.29, 0.717) is 17.3 Å². The number of nitrogens with zero attached hydrogens (tertiary/aromatic N) is 1. The summed E-state index contributed by atoms with van der Waals surface area (Å²) >= 11 is 5.96. The Balaban J connectivity index is 1.83. The number of benzene rings is 1. The van der Waals surface area contributed by atoms with Crippen molar-refractivity contribution in [2.24, 2.45) is 0 Å². The first-order valence-electron chi connectivity index (χ1n) is 7.33. The molecule has 0 spiro atoms. The molecule has 1 N–H and O–H groups in total. The number of nitrogens with one attached hydrogen (secondary N) is 1. The van der Waals surface area contributed by atoms with Crippen molar-refractivity contribution in [3.05, 3.63) is 35.0 Å². The Morgan fingerprint density at radius 1 is 1.36 bits per heavy atom. The van der Waals surface area contributed by atoms with Gasteiger partial charge in [-0.05, 0) is 44.0 Å². The van der Waals surface area contributed by atoms with E-state index in [1.54, 1.807) is 30.0 Å². The van der Waals surface area contributed by atoms with Crippen molar-refractivity contribution < 1.29 is 14.3 Å². The van der Waals surface area contributed by atoms with E-state index in [4.69, 9.17) is 16.3 Å². The van der Waals surface area contributed by atoms with Crippen molar-refractivity contribution in [2.45, 2.75) is 25.8 Å². The summed E-state index contributed by atoms with van der Waals surface area (Å²) in [6.45, 7) is 2.06. The zero-order chi connectivity index (χ0) is 15.7. The lowest BCUT2D eigenvalue weighted by Crippen LogP contribution is -2.38. The molecule has 1 amide bonds. The van der Waals surface area contributed by atoms with Crippen LogP contribution in [0.5, 0.6) is 0 Å². The molecule has 0 radical (unpaired) electrons. The number of ether oxygens (including phenoxy) is 1. The van der Waals surface area contributed by atoms with Crippen molar-refractivity contribution >= 4 is 34.4 Å². The molecule has 0 saturated heterocycles. The number of aromatic nitrogens is 1. The molecule has 6 heteroatoms. The molecule has 0 bridgehead atoms. The normalized spacial score (nSPS) is 14.1. The second-order valence-corrected chi connectivity index (χ2v) is 5.82. The van der Waals surface area contributed by atoms with Gasteiger partial charge in [0.15, 0.2) is 0 Å². The van der Waals surface area contributed by atoms with E-state index in [1.165, 1.54) is 0 Å². The van der Waals surface area contributed by atoms with E-state index >= 15 is 0 Å². The molecule has 3 rings (SSSR count). The summed E-state index contributed by atoms with van der Waals surface area (Å²) in [4.78, 5) is 29.0. The van der Waals surface area contributed by atoms with Crippen LogP contribution in [-0.4, -0.2) is 41.0 Å². The average Bonchev–Trinajstić information content (AvgIpc) is 3.23. The van der Waals surface area contributed by atoms with Gasteiger partial charge in [-0.2, -0.15) is 0 Å². The lowest BCUT2D eigenvalue weighted by Gasteiger charge is -2.20. The fraction of sp³-hybridized carbons (Fsp3) is 0.375. The smallest absolute Gasteiger partial charge is 0.325 e. The number of fused-ring (bicyclic) bond motifs is 1. The highest BCUT2D eigenvalue weighted by Crippen LogP contribution is 2.29. The number of aromatic amines is 1. The first kappa shape index (κ1) is 14.9. The van der Waals surface area contributed by atoms with Crippen molar-refractivity contribution in [1.29, 1.82) is 0 Å². The molecular weight excluding hydrogens is 304 g/mol. The second-order valence-electron chi connectivity index (χ2n) is 5.38. The molecule has 1 aromatic carbocycles. The Kier molecular flexibility index (Phi) is 4.07. The Bertz CT molecular complexity index is 721. The number of rotatable bonds is 5. The molecule has 1 saturated carbocycles. The van der Waals surface area contributed by atoms with Gasteiger partial charge in [-0.1, -0.05) is 11.6 Å². The third-order valence-electron chi connectivity index (χ3n) is 3.67. The van der Waals surface area contributed by atoms with Gasteiger partial charge in [0.2, 0.25) is 0 Å². The van der Waals surface area contributed by atoms with Gasteiger partial charge >= 0.3 is 5.97 Å². The van der Waals surface area contributed by atoms with Crippen LogP contribution < -0.4 is 0 Å². The first-order chi connectivity index (χ1) is 10.6. The van der Waals surface area contributed by atoms with Crippen molar-refractivity contribution in [3.63, 3.8) is 0 Å². The van der Waals surface area contributed by atoms with Crippen LogP contribution in [0.3, 0.4) is 0 Å². The van der Waals surface area contributed by atoms with Crippen LogP contribution in [0.2, 0.25) is 5.02 Å². The average molecular weight is 321 g/mol. The van der Waals surface area contributed by atoms with E-state index in [0.717, 1.165) is 23.7 Å². The summed E-state index contributed by atoms with van der Waals surface area (Å²) in [7, 11) is 0. The standard InChI is InChI=1S/C16H17ClN2O3/c1-2-22-15(20)9-19(12-4-5-12)16(21)14-8-10-7-11(17)3-6-13(10)18-14/h3,6-8,12,18H,2,4-5,9H2,1H3. The van der Waals surface area contributed by atoms with Gasteiger partial charge in [-0.3, -0.25) is 9.59 Å². The highest BCUT2D eigenvalue weighted by Gasteiger charge is 2.35. The fourth-order valence-electron chi connectivity index (χ4n) is 2.47.